The van der Waals surface area contributed by atoms with Gasteiger partial charge in [0, 0.05) is 17.5 Å². The third-order valence-electron chi connectivity index (χ3n) is 4.39. The maximum Gasteiger partial charge on any atom is 0.194 e. The lowest BCUT2D eigenvalue weighted by Gasteiger charge is -2.19. The molecule has 2 aromatic rings. The van der Waals surface area contributed by atoms with Crippen molar-refractivity contribution in [3.8, 4) is 5.75 Å². The summed E-state index contributed by atoms with van der Waals surface area (Å²) < 4.78 is 12.1. The first-order chi connectivity index (χ1) is 11.5. The molecule has 1 aromatic heterocycles. The van der Waals surface area contributed by atoms with Gasteiger partial charge in [-0.05, 0) is 62.8 Å². The van der Waals surface area contributed by atoms with Crippen LogP contribution in [0.2, 0.25) is 5.02 Å². The number of hydrogen-bond acceptors (Lipinski definition) is 4. The number of rotatable bonds is 8. The van der Waals surface area contributed by atoms with E-state index in [2.05, 4.69) is 32.6 Å². The lowest BCUT2D eigenvalue weighted by Crippen LogP contribution is -2.25. The van der Waals surface area contributed by atoms with Gasteiger partial charge in [-0.3, -0.25) is 0 Å². The molecule has 1 heterocycles. The zero-order chi connectivity index (χ0) is 17.7. The number of aryl methyl sites for hydroxylation is 1. The smallest absolute Gasteiger partial charge is 0.194 e. The minimum Gasteiger partial charge on any atom is -0.492 e. The summed E-state index contributed by atoms with van der Waals surface area (Å²) >= 11 is 12.0. The van der Waals surface area contributed by atoms with Crippen molar-refractivity contribution in [1.82, 2.24) is 4.90 Å². The summed E-state index contributed by atoms with van der Waals surface area (Å²) in [6.07, 6.45) is 1.82. The van der Waals surface area contributed by atoms with Crippen LogP contribution in [0.3, 0.4) is 0 Å². The highest BCUT2D eigenvalue weighted by atomic mass is 35.5. The van der Waals surface area contributed by atoms with Gasteiger partial charge in [0.2, 0.25) is 0 Å². The van der Waals surface area contributed by atoms with Crippen LogP contribution in [0.15, 0.2) is 16.5 Å². The fraction of sp³-hybridized carbons (Fsp3) is 0.526. The maximum absolute atomic E-state index is 6.47. The van der Waals surface area contributed by atoms with Crippen LogP contribution in [-0.4, -0.2) is 31.1 Å². The van der Waals surface area contributed by atoms with E-state index in [9.17, 15) is 0 Å². The fourth-order valence-electron chi connectivity index (χ4n) is 2.83. The van der Waals surface area contributed by atoms with Crippen molar-refractivity contribution in [3.05, 3.63) is 33.0 Å². The van der Waals surface area contributed by atoms with Crippen molar-refractivity contribution >= 4 is 34.8 Å². The van der Waals surface area contributed by atoms with Crippen molar-refractivity contribution < 1.29 is 9.15 Å². The largest absolute Gasteiger partial charge is 0.492 e. The lowest BCUT2D eigenvalue weighted by atomic mass is 10.0. The minimum atomic E-state index is 0.505. The Kier molecular flexibility index (Phi) is 7.08. The van der Waals surface area contributed by atoms with Gasteiger partial charge < -0.3 is 14.1 Å². The summed E-state index contributed by atoms with van der Waals surface area (Å²) in [5.74, 6) is 0.652. The Labute approximate surface area is 154 Å². The first-order valence-corrected chi connectivity index (χ1v) is 9.41. The highest BCUT2D eigenvalue weighted by Gasteiger charge is 2.15. The highest BCUT2D eigenvalue weighted by molar-refractivity contribution is 7.71. The summed E-state index contributed by atoms with van der Waals surface area (Å²) in [4.78, 5) is 2.38. The monoisotopic (exact) mass is 367 g/mol. The van der Waals surface area contributed by atoms with E-state index in [1.54, 1.807) is 0 Å². The number of likely N-dealkylation sites (N-methyl/N-ethyl adjacent to an activating group) is 1. The average molecular weight is 368 g/mol. The second kappa shape index (κ2) is 8.84. The van der Waals surface area contributed by atoms with E-state index in [0.29, 0.717) is 27.7 Å². The lowest BCUT2D eigenvalue weighted by molar-refractivity contribution is 0.306. The minimum absolute atomic E-state index is 0.505. The second-order valence-corrected chi connectivity index (χ2v) is 6.62. The van der Waals surface area contributed by atoms with Gasteiger partial charge in [-0.1, -0.05) is 32.4 Å². The number of nitrogens with zero attached hydrogens (tertiary/aromatic N) is 1. The standard InChI is InChI=1S/C19H26ClNO2S/c1-5-12-22-16-9-8-14-13(4)15(10-11-21(6-2)7-3)19(24)23-18(14)17(16)20/h8-9H,5-7,10-12H2,1-4H3. The van der Waals surface area contributed by atoms with Crippen LogP contribution in [0.25, 0.3) is 11.0 Å². The molecule has 0 saturated heterocycles. The molecule has 24 heavy (non-hydrogen) atoms. The molecule has 0 radical (unpaired) electrons. The first kappa shape index (κ1) is 19.2. The molecule has 0 amide bonds. The SMILES string of the molecule is CCCOc1ccc2c(C)c(CCN(CC)CC)c(=S)oc2c1Cl. The number of benzene rings is 1. The summed E-state index contributed by atoms with van der Waals surface area (Å²) in [6, 6.07) is 3.93. The molecular formula is C19H26ClNO2S. The van der Waals surface area contributed by atoms with Gasteiger partial charge in [-0.15, -0.1) is 0 Å². The van der Waals surface area contributed by atoms with Gasteiger partial charge in [0.15, 0.2) is 10.3 Å². The third kappa shape index (κ3) is 4.11. The van der Waals surface area contributed by atoms with Crippen molar-refractivity contribution in [1.29, 1.82) is 0 Å². The van der Waals surface area contributed by atoms with Crippen LogP contribution < -0.4 is 4.74 Å². The molecule has 0 unspecified atom stereocenters. The van der Waals surface area contributed by atoms with E-state index in [4.69, 9.17) is 33.0 Å². The summed E-state index contributed by atoms with van der Waals surface area (Å²) in [5.41, 5.74) is 2.87. The van der Waals surface area contributed by atoms with Crippen molar-refractivity contribution in [2.24, 2.45) is 0 Å². The Bertz CT molecular complexity index is 753. The predicted octanol–water partition coefficient (Wildman–Crippen LogP) is 5.80. The summed E-state index contributed by atoms with van der Waals surface area (Å²) in [6.45, 7) is 12.2. The normalized spacial score (nSPS) is 11.4. The summed E-state index contributed by atoms with van der Waals surface area (Å²) in [5, 5.41) is 1.51. The predicted molar refractivity (Wildman–Crippen MR) is 104 cm³/mol. The van der Waals surface area contributed by atoms with E-state index in [1.807, 2.05) is 12.1 Å². The van der Waals surface area contributed by atoms with Crippen LogP contribution in [0, 0.1) is 11.6 Å². The molecule has 132 valence electrons. The van der Waals surface area contributed by atoms with Gasteiger partial charge in [-0.2, -0.15) is 0 Å². The molecule has 0 aliphatic heterocycles. The van der Waals surface area contributed by atoms with E-state index < -0.39 is 0 Å². The van der Waals surface area contributed by atoms with Crippen LogP contribution in [0.5, 0.6) is 5.75 Å². The number of fused-ring (bicyclic) bond motifs is 1. The third-order valence-corrected chi connectivity index (χ3v) is 5.08. The molecule has 1 aromatic carbocycles. The first-order valence-electron chi connectivity index (χ1n) is 8.63. The molecule has 2 rings (SSSR count). The number of halogens is 1. The number of ether oxygens (including phenoxy) is 1. The Hall–Kier alpha value is -1.10. The van der Waals surface area contributed by atoms with E-state index >= 15 is 0 Å². The van der Waals surface area contributed by atoms with Gasteiger partial charge >= 0.3 is 0 Å². The molecule has 0 aliphatic rings. The van der Waals surface area contributed by atoms with Crippen LogP contribution in [-0.2, 0) is 6.42 Å². The van der Waals surface area contributed by atoms with Crippen LogP contribution in [0.1, 0.15) is 38.3 Å². The van der Waals surface area contributed by atoms with Gasteiger partial charge in [-0.25, -0.2) is 0 Å². The molecule has 0 fully saturated rings. The average Bonchev–Trinajstić information content (AvgIpc) is 2.58. The molecule has 0 saturated carbocycles. The molecule has 0 atom stereocenters. The van der Waals surface area contributed by atoms with Gasteiger partial charge in [0.05, 0.1) is 6.61 Å². The Morgan fingerprint density at radius 2 is 1.92 bits per heavy atom. The molecular weight excluding hydrogens is 342 g/mol. The zero-order valence-corrected chi connectivity index (χ0v) is 16.5. The Balaban J connectivity index is 2.41. The number of hydrogen-bond donors (Lipinski definition) is 0. The highest BCUT2D eigenvalue weighted by Crippen LogP contribution is 2.36. The molecule has 0 aliphatic carbocycles. The second-order valence-electron chi connectivity index (χ2n) is 5.87. The maximum atomic E-state index is 6.47. The molecule has 5 heteroatoms. The molecule has 0 N–H and O–H groups in total. The molecule has 0 bridgehead atoms. The zero-order valence-electron chi connectivity index (χ0n) is 14.9. The fourth-order valence-corrected chi connectivity index (χ4v) is 3.42. The van der Waals surface area contributed by atoms with E-state index in [0.717, 1.165) is 49.0 Å². The quantitative estimate of drug-likeness (QED) is 0.551. The van der Waals surface area contributed by atoms with Crippen molar-refractivity contribution in [3.63, 3.8) is 0 Å². The van der Waals surface area contributed by atoms with E-state index in [-0.39, 0.29) is 0 Å². The van der Waals surface area contributed by atoms with Crippen molar-refractivity contribution in [2.75, 3.05) is 26.2 Å². The van der Waals surface area contributed by atoms with Gasteiger partial charge in [0.25, 0.3) is 0 Å². The molecule has 3 nitrogen and oxygen atoms in total. The topological polar surface area (TPSA) is 25.6 Å². The van der Waals surface area contributed by atoms with Crippen molar-refractivity contribution in [2.45, 2.75) is 40.5 Å². The Morgan fingerprint density at radius 3 is 2.54 bits per heavy atom. The van der Waals surface area contributed by atoms with E-state index in [1.165, 1.54) is 0 Å². The molecule has 0 spiro atoms. The summed E-state index contributed by atoms with van der Waals surface area (Å²) in [7, 11) is 0. The van der Waals surface area contributed by atoms with Gasteiger partial charge in [0.1, 0.15) is 10.8 Å². The Morgan fingerprint density at radius 1 is 1.21 bits per heavy atom. The van der Waals surface area contributed by atoms with Crippen LogP contribution in [0.4, 0.5) is 0 Å². The van der Waals surface area contributed by atoms with Crippen LogP contribution >= 0.6 is 23.8 Å².